The maximum atomic E-state index is 13.0. The molecule has 142 valence electrons. The van der Waals surface area contributed by atoms with E-state index in [0.717, 1.165) is 35.2 Å². The number of hydrogen-bond acceptors (Lipinski definition) is 2. The molecule has 0 radical (unpaired) electrons. The van der Waals surface area contributed by atoms with Crippen LogP contribution in [0, 0.1) is 0 Å². The summed E-state index contributed by atoms with van der Waals surface area (Å²) in [6.07, 6.45) is 5.49. The molecule has 1 aliphatic rings. The Labute approximate surface area is 171 Å². The van der Waals surface area contributed by atoms with Gasteiger partial charge in [-0.25, -0.2) is 0 Å². The number of hydrogen-bond donors (Lipinski definition) is 0. The van der Waals surface area contributed by atoms with Crippen LogP contribution in [-0.2, 0) is 12.8 Å². The van der Waals surface area contributed by atoms with E-state index in [1.807, 2.05) is 23.2 Å². The zero-order valence-corrected chi connectivity index (χ0v) is 16.9. The molecule has 0 fully saturated rings. The van der Waals surface area contributed by atoms with Gasteiger partial charge in [0.15, 0.2) is 0 Å². The summed E-state index contributed by atoms with van der Waals surface area (Å²) in [5, 5.41) is 0.673. The van der Waals surface area contributed by atoms with E-state index in [4.69, 9.17) is 11.6 Å². The van der Waals surface area contributed by atoms with Crippen LogP contribution < -0.4 is 4.90 Å². The molecule has 0 saturated carbocycles. The van der Waals surface area contributed by atoms with Crippen molar-refractivity contribution in [3.63, 3.8) is 0 Å². The summed E-state index contributed by atoms with van der Waals surface area (Å²) in [5.41, 5.74) is 6.28. The lowest BCUT2D eigenvalue weighted by Crippen LogP contribution is -2.37. The summed E-state index contributed by atoms with van der Waals surface area (Å²) in [4.78, 5) is 19.3. The molecule has 0 spiro atoms. The number of aryl methyl sites for hydroxylation is 1. The van der Waals surface area contributed by atoms with Gasteiger partial charge in [-0.2, -0.15) is 0 Å². The second-order valence-corrected chi connectivity index (χ2v) is 7.74. The molecule has 1 aliphatic heterocycles. The van der Waals surface area contributed by atoms with Crippen LogP contribution in [0.1, 0.15) is 52.4 Å². The van der Waals surface area contributed by atoms with Crippen molar-refractivity contribution in [3.8, 4) is 0 Å². The largest absolute Gasteiger partial charge is 0.306 e. The summed E-state index contributed by atoms with van der Waals surface area (Å²) < 4.78 is 0. The number of aromatic nitrogens is 1. The minimum atomic E-state index is 0.0109. The van der Waals surface area contributed by atoms with Crippen molar-refractivity contribution in [2.45, 2.75) is 32.6 Å². The number of fused-ring (bicyclic) bond motifs is 1. The molecule has 0 saturated heterocycles. The van der Waals surface area contributed by atoms with Gasteiger partial charge < -0.3 is 4.90 Å². The Morgan fingerprint density at radius 2 is 1.86 bits per heavy atom. The molecular weight excluding hydrogens is 368 g/mol. The van der Waals surface area contributed by atoms with Crippen molar-refractivity contribution in [1.29, 1.82) is 0 Å². The first kappa shape index (κ1) is 18.7. The highest BCUT2D eigenvalue weighted by Gasteiger charge is 2.26. The van der Waals surface area contributed by atoms with E-state index in [0.29, 0.717) is 11.6 Å². The fourth-order valence-corrected chi connectivity index (χ4v) is 3.96. The van der Waals surface area contributed by atoms with Gasteiger partial charge in [-0.15, -0.1) is 0 Å². The van der Waals surface area contributed by atoms with Gasteiger partial charge in [-0.05, 0) is 59.4 Å². The summed E-state index contributed by atoms with van der Waals surface area (Å²) in [6, 6.07) is 16.3. The van der Waals surface area contributed by atoms with E-state index in [9.17, 15) is 4.79 Å². The van der Waals surface area contributed by atoms with Gasteiger partial charge in [0.05, 0.1) is 11.9 Å². The summed E-state index contributed by atoms with van der Waals surface area (Å²) >= 11 is 6.08. The van der Waals surface area contributed by atoms with Crippen LogP contribution in [0.3, 0.4) is 0 Å². The maximum absolute atomic E-state index is 13.0. The molecule has 1 atom stereocenters. The smallest absolute Gasteiger partial charge is 0.258 e. The zero-order chi connectivity index (χ0) is 19.7. The van der Waals surface area contributed by atoms with E-state index < -0.39 is 0 Å². The van der Waals surface area contributed by atoms with Gasteiger partial charge in [0.2, 0.25) is 0 Å². The highest BCUT2D eigenvalue weighted by Crippen LogP contribution is 2.30. The highest BCUT2D eigenvalue weighted by molar-refractivity contribution is 6.30. The van der Waals surface area contributed by atoms with Crippen molar-refractivity contribution in [3.05, 3.63) is 93.8 Å². The number of amides is 1. The average molecular weight is 391 g/mol. The molecule has 0 N–H and O–H groups in total. The van der Waals surface area contributed by atoms with Crippen LogP contribution >= 0.6 is 11.6 Å². The molecule has 2 aromatic carbocycles. The molecule has 4 rings (SSSR count). The Kier molecular flexibility index (Phi) is 5.19. The molecule has 1 aromatic heterocycles. The number of halogens is 1. The lowest BCUT2D eigenvalue weighted by Gasteiger charge is -2.29. The Bertz CT molecular complexity index is 1010. The molecule has 1 unspecified atom stereocenters. The first-order valence-electron chi connectivity index (χ1n) is 9.71. The molecule has 28 heavy (non-hydrogen) atoms. The third-order valence-electron chi connectivity index (χ3n) is 5.59. The third-order valence-corrected chi connectivity index (χ3v) is 5.83. The van der Waals surface area contributed by atoms with E-state index in [1.54, 1.807) is 12.3 Å². The standard InChI is InChI=1S/C24H23ClN2O/c1-3-17-4-6-18(7-5-17)16(2)20-13-22(15-26-14-20)27-11-10-19-12-21(25)8-9-23(19)24(27)28/h4-9,12-16H,3,10-11H2,1-2H3. The monoisotopic (exact) mass is 390 g/mol. The van der Waals surface area contributed by atoms with Gasteiger partial charge in [0.25, 0.3) is 5.91 Å². The Morgan fingerprint density at radius 3 is 2.61 bits per heavy atom. The fourth-order valence-electron chi connectivity index (χ4n) is 3.77. The van der Waals surface area contributed by atoms with Gasteiger partial charge in [0, 0.05) is 29.2 Å². The molecule has 0 bridgehead atoms. The van der Waals surface area contributed by atoms with Crippen molar-refractivity contribution in [2.24, 2.45) is 0 Å². The number of benzene rings is 2. The number of anilines is 1. The highest BCUT2D eigenvalue weighted by atomic mass is 35.5. The van der Waals surface area contributed by atoms with Gasteiger partial charge >= 0.3 is 0 Å². The zero-order valence-electron chi connectivity index (χ0n) is 16.2. The quantitative estimate of drug-likeness (QED) is 0.576. The SMILES string of the molecule is CCc1ccc(C(C)c2cncc(N3CCc4cc(Cl)ccc4C3=O)c2)cc1. The Hall–Kier alpha value is -2.65. The first-order valence-corrected chi connectivity index (χ1v) is 10.1. The predicted molar refractivity (Wildman–Crippen MR) is 114 cm³/mol. The summed E-state index contributed by atoms with van der Waals surface area (Å²) in [5.74, 6) is 0.223. The van der Waals surface area contributed by atoms with Gasteiger partial charge in [-0.1, -0.05) is 49.7 Å². The second-order valence-electron chi connectivity index (χ2n) is 7.30. The predicted octanol–water partition coefficient (Wildman–Crippen LogP) is 5.65. The Morgan fingerprint density at radius 1 is 1.07 bits per heavy atom. The first-order chi connectivity index (χ1) is 13.6. The average Bonchev–Trinajstić information content (AvgIpc) is 2.73. The molecule has 4 heteroatoms. The maximum Gasteiger partial charge on any atom is 0.258 e. The van der Waals surface area contributed by atoms with Crippen LogP contribution in [0.5, 0.6) is 0 Å². The number of nitrogens with zero attached hydrogens (tertiary/aromatic N) is 2. The minimum Gasteiger partial charge on any atom is -0.306 e. The van der Waals surface area contributed by atoms with E-state index in [2.05, 4.69) is 49.2 Å². The van der Waals surface area contributed by atoms with Crippen LogP contribution in [0.2, 0.25) is 5.02 Å². The summed E-state index contributed by atoms with van der Waals surface area (Å²) in [7, 11) is 0. The van der Waals surface area contributed by atoms with Crippen molar-refractivity contribution in [1.82, 2.24) is 4.98 Å². The molecule has 0 aliphatic carbocycles. The summed E-state index contributed by atoms with van der Waals surface area (Å²) in [6.45, 7) is 4.97. The lowest BCUT2D eigenvalue weighted by atomic mass is 9.93. The third kappa shape index (κ3) is 3.55. The number of carbonyl (C=O) groups excluding carboxylic acids is 1. The second kappa shape index (κ2) is 7.76. The van der Waals surface area contributed by atoms with Crippen molar-refractivity contribution in [2.75, 3.05) is 11.4 Å². The number of pyridine rings is 1. The Balaban J connectivity index is 1.61. The van der Waals surface area contributed by atoms with Crippen LogP contribution in [0.4, 0.5) is 5.69 Å². The lowest BCUT2D eigenvalue weighted by molar-refractivity contribution is 0.0980. The van der Waals surface area contributed by atoms with E-state index in [1.165, 1.54) is 11.1 Å². The molecule has 2 heterocycles. The van der Waals surface area contributed by atoms with E-state index in [-0.39, 0.29) is 11.8 Å². The molecule has 3 nitrogen and oxygen atoms in total. The van der Waals surface area contributed by atoms with Crippen LogP contribution in [-0.4, -0.2) is 17.4 Å². The number of rotatable bonds is 4. The normalized spacial score (nSPS) is 14.7. The van der Waals surface area contributed by atoms with Gasteiger partial charge in [-0.3, -0.25) is 9.78 Å². The van der Waals surface area contributed by atoms with E-state index >= 15 is 0 Å². The number of carbonyl (C=O) groups is 1. The minimum absolute atomic E-state index is 0.0109. The molecule has 3 aromatic rings. The molecular formula is C24H23ClN2O. The van der Waals surface area contributed by atoms with Gasteiger partial charge in [0.1, 0.15) is 0 Å². The van der Waals surface area contributed by atoms with Crippen LogP contribution in [0.15, 0.2) is 60.9 Å². The fraction of sp³-hybridized carbons (Fsp3) is 0.250. The van der Waals surface area contributed by atoms with Crippen LogP contribution in [0.25, 0.3) is 0 Å². The molecule has 1 amide bonds. The topological polar surface area (TPSA) is 33.2 Å². The van der Waals surface area contributed by atoms with Crippen molar-refractivity contribution < 1.29 is 4.79 Å². The van der Waals surface area contributed by atoms with Crippen molar-refractivity contribution >= 4 is 23.2 Å².